The van der Waals surface area contributed by atoms with Gasteiger partial charge in [-0.3, -0.25) is 9.36 Å². The molecule has 0 aliphatic carbocycles. The highest BCUT2D eigenvalue weighted by atomic mass is 32.1. The number of aromatic nitrogens is 3. The second kappa shape index (κ2) is 6.78. The second-order valence-electron chi connectivity index (χ2n) is 4.82. The van der Waals surface area contributed by atoms with Gasteiger partial charge in [-0.05, 0) is 23.6 Å². The van der Waals surface area contributed by atoms with Crippen LogP contribution in [0.15, 0.2) is 47.0 Å². The fourth-order valence-corrected chi connectivity index (χ4v) is 2.74. The van der Waals surface area contributed by atoms with Crippen molar-refractivity contribution in [3.8, 4) is 0 Å². The third kappa shape index (κ3) is 3.38. The maximum Gasteiger partial charge on any atom is 0.262 e. The molecule has 114 valence electrons. The topological polar surface area (TPSA) is 77.2 Å². The zero-order chi connectivity index (χ0) is 15.4. The Morgan fingerprint density at radius 3 is 3.05 bits per heavy atom. The number of pyridine rings is 1. The molecular formula is C15H15N3O3S. The van der Waals surface area contributed by atoms with Crippen LogP contribution in [-0.4, -0.2) is 32.4 Å². The molecule has 7 heteroatoms. The molecule has 0 aromatic carbocycles. The van der Waals surface area contributed by atoms with Gasteiger partial charge in [-0.1, -0.05) is 6.07 Å². The number of hydrogen-bond donors (Lipinski definition) is 1. The number of nitrogens with zero attached hydrogens (tertiary/aromatic N) is 3. The van der Waals surface area contributed by atoms with E-state index in [0.717, 1.165) is 4.88 Å². The largest absolute Gasteiger partial charge is 0.389 e. The van der Waals surface area contributed by atoms with Gasteiger partial charge in [0.15, 0.2) is 5.65 Å². The van der Waals surface area contributed by atoms with Crippen LogP contribution < -0.4 is 5.56 Å². The first kappa shape index (κ1) is 14.8. The summed E-state index contributed by atoms with van der Waals surface area (Å²) >= 11 is 1.60. The Morgan fingerprint density at radius 1 is 1.32 bits per heavy atom. The Morgan fingerprint density at radius 2 is 2.23 bits per heavy atom. The van der Waals surface area contributed by atoms with Crippen molar-refractivity contribution in [2.45, 2.75) is 19.3 Å². The molecule has 1 unspecified atom stereocenters. The van der Waals surface area contributed by atoms with Crippen molar-refractivity contribution in [3.05, 3.63) is 57.4 Å². The molecule has 1 N–H and O–H groups in total. The minimum atomic E-state index is -0.770. The summed E-state index contributed by atoms with van der Waals surface area (Å²) in [5, 5.41) is 12.4. The van der Waals surface area contributed by atoms with E-state index in [4.69, 9.17) is 4.74 Å². The first-order chi connectivity index (χ1) is 10.7. The second-order valence-corrected chi connectivity index (χ2v) is 5.86. The molecule has 3 aromatic rings. The first-order valence-corrected chi connectivity index (χ1v) is 7.70. The molecule has 3 heterocycles. The number of hydrogen-bond acceptors (Lipinski definition) is 6. The molecular weight excluding hydrogens is 302 g/mol. The zero-order valence-electron chi connectivity index (χ0n) is 11.8. The number of ether oxygens (including phenoxy) is 1. The van der Waals surface area contributed by atoms with Gasteiger partial charge in [0.25, 0.3) is 5.56 Å². The average molecular weight is 317 g/mol. The van der Waals surface area contributed by atoms with Gasteiger partial charge in [-0.2, -0.15) is 0 Å². The lowest BCUT2D eigenvalue weighted by Gasteiger charge is -2.12. The first-order valence-electron chi connectivity index (χ1n) is 6.82. The monoisotopic (exact) mass is 317 g/mol. The fraction of sp³-hybridized carbons (Fsp3) is 0.267. The normalized spacial score (nSPS) is 12.6. The summed E-state index contributed by atoms with van der Waals surface area (Å²) in [7, 11) is 0. The van der Waals surface area contributed by atoms with E-state index in [1.165, 1.54) is 10.9 Å². The van der Waals surface area contributed by atoms with Crippen LogP contribution in [0.25, 0.3) is 11.0 Å². The molecule has 3 rings (SSSR count). The van der Waals surface area contributed by atoms with Crippen molar-refractivity contribution < 1.29 is 9.84 Å². The molecule has 0 saturated carbocycles. The summed E-state index contributed by atoms with van der Waals surface area (Å²) in [4.78, 5) is 21.5. The fourth-order valence-electron chi connectivity index (χ4n) is 2.10. The van der Waals surface area contributed by atoms with Gasteiger partial charge in [0.05, 0.1) is 31.2 Å². The predicted octanol–water partition coefficient (Wildman–Crippen LogP) is 1.43. The Bertz CT molecular complexity index is 801. The highest BCUT2D eigenvalue weighted by Gasteiger charge is 2.10. The van der Waals surface area contributed by atoms with E-state index in [0.29, 0.717) is 17.6 Å². The van der Waals surface area contributed by atoms with Crippen LogP contribution in [0, 0.1) is 0 Å². The van der Waals surface area contributed by atoms with E-state index in [9.17, 15) is 9.90 Å². The predicted molar refractivity (Wildman–Crippen MR) is 83.8 cm³/mol. The summed E-state index contributed by atoms with van der Waals surface area (Å²) < 4.78 is 6.83. The number of thiophene rings is 1. The molecule has 0 saturated heterocycles. The molecule has 0 aliphatic heterocycles. The van der Waals surface area contributed by atoms with Crippen molar-refractivity contribution in [2.24, 2.45) is 0 Å². The van der Waals surface area contributed by atoms with Gasteiger partial charge in [0, 0.05) is 11.1 Å². The summed E-state index contributed by atoms with van der Waals surface area (Å²) in [6.45, 7) is 0.764. The number of aliphatic hydroxyl groups excluding tert-OH is 1. The molecule has 0 aliphatic rings. The lowest BCUT2D eigenvalue weighted by Crippen LogP contribution is -2.29. The molecule has 3 aromatic heterocycles. The molecule has 0 spiro atoms. The highest BCUT2D eigenvalue weighted by Crippen LogP contribution is 2.09. The number of aliphatic hydroxyl groups is 1. The molecule has 0 fully saturated rings. The van der Waals surface area contributed by atoms with Crippen LogP contribution in [0.2, 0.25) is 0 Å². The maximum atomic E-state index is 12.3. The van der Waals surface area contributed by atoms with Gasteiger partial charge in [0.1, 0.15) is 6.33 Å². The van der Waals surface area contributed by atoms with Crippen LogP contribution in [0.1, 0.15) is 4.88 Å². The molecule has 6 nitrogen and oxygen atoms in total. The Balaban J connectivity index is 1.62. The number of fused-ring (bicyclic) bond motifs is 1. The van der Waals surface area contributed by atoms with Gasteiger partial charge in [-0.25, -0.2) is 9.97 Å². The third-order valence-electron chi connectivity index (χ3n) is 3.14. The van der Waals surface area contributed by atoms with Crippen molar-refractivity contribution in [1.29, 1.82) is 0 Å². The van der Waals surface area contributed by atoms with Gasteiger partial charge in [0.2, 0.25) is 0 Å². The van der Waals surface area contributed by atoms with Gasteiger partial charge < -0.3 is 9.84 Å². The quantitative estimate of drug-likeness (QED) is 0.744. The van der Waals surface area contributed by atoms with E-state index < -0.39 is 6.10 Å². The minimum absolute atomic E-state index is 0.140. The summed E-state index contributed by atoms with van der Waals surface area (Å²) in [6, 6.07) is 7.29. The van der Waals surface area contributed by atoms with E-state index in [2.05, 4.69) is 9.97 Å². The summed E-state index contributed by atoms with van der Waals surface area (Å²) in [6.07, 6.45) is 2.22. The van der Waals surface area contributed by atoms with Crippen LogP contribution in [0.4, 0.5) is 0 Å². The van der Waals surface area contributed by atoms with Crippen molar-refractivity contribution in [2.75, 3.05) is 6.61 Å². The third-order valence-corrected chi connectivity index (χ3v) is 3.99. The van der Waals surface area contributed by atoms with E-state index in [1.54, 1.807) is 29.7 Å². The standard InChI is InChI=1S/C15H15N3O3S/c19-11(8-21-9-12-3-2-6-22-12)7-18-10-17-14-13(15(18)20)4-1-5-16-14/h1-6,10-11,19H,7-9H2. The van der Waals surface area contributed by atoms with E-state index in [-0.39, 0.29) is 18.7 Å². The Hall–Kier alpha value is -2.09. The lowest BCUT2D eigenvalue weighted by molar-refractivity contribution is 0.0207. The Kier molecular flexibility index (Phi) is 4.57. The van der Waals surface area contributed by atoms with E-state index >= 15 is 0 Å². The maximum absolute atomic E-state index is 12.3. The van der Waals surface area contributed by atoms with Crippen molar-refractivity contribution in [3.63, 3.8) is 0 Å². The molecule has 0 amide bonds. The minimum Gasteiger partial charge on any atom is -0.389 e. The summed E-state index contributed by atoms with van der Waals surface area (Å²) in [5.41, 5.74) is 0.197. The van der Waals surface area contributed by atoms with Crippen LogP contribution in [0.5, 0.6) is 0 Å². The molecule has 0 bridgehead atoms. The van der Waals surface area contributed by atoms with Crippen molar-refractivity contribution in [1.82, 2.24) is 14.5 Å². The molecule has 0 radical (unpaired) electrons. The summed E-state index contributed by atoms with van der Waals surface area (Å²) in [5.74, 6) is 0. The lowest BCUT2D eigenvalue weighted by atomic mass is 10.3. The average Bonchev–Trinajstić information content (AvgIpc) is 3.04. The van der Waals surface area contributed by atoms with Crippen molar-refractivity contribution >= 4 is 22.4 Å². The highest BCUT2D eigenvalue weighted by molar-refractivity contribution is 7.09. The zero-order valence-corrected chi connectivity index (χ0v) is 12.6. The Labute approximate surface area is 130 Å². The van der Waals surface area contributed by atoms with Gasteiger partial charge in [-0.15, -0.1) is 11.3 Å². The molecule has 22 heavy (non-hydrogen) atoms. The smallest absolute Gasteiger partial charge is 0.262 e. The van der Waals surface area contributed by atoms with Crippen LogP contribution in [0.3, 0.4) is 0 Å². The van der Waals surface area contributed by atoms with Gasteiger partial charge >= 0.3 is 0 Å². The van der Waals surface area contributed by atoms with Crippen LogP contribution in [-0.2, 0) is 17.9 Å². The van der Waals surface area contributed by atoms with Crippen LogP contribution >= 0.6 is 11.3 Å². The number of rotatable bonds is 6. The SMILES string of the molecule is O=c1c2cccnc2ncn1CC(O)COCc1cccs1. The molecule has 1 atom stereocenters. The van der Waals surface area contributed by atoms with E-state index in [1.807, 2.05) is 17.5 Å².